The Kier molecular flexibility index (Phi) is 27.5. The first-order chi connectivity index (χ1) is 61.2. The van der Waals surface area contributed by atoms with Gasteiger partial charge in [-0.05, 0) is 292 Å². The van der Waals surface area contributed by atoms with Crippen LogP contribution < -0.4 is 18.9 Å². The topological polar surface area (TPSA) is 105 Å². The zero-order valence-electron chi connectivity index (χ0n) is 93.1. The van der Waals surface area contributed by atoms with Gasteiger partial charge in [-0.2, -0.15) is 0 Å². The SMILES string of the molecule is CC(C)(C)c1ccc(OC(=O)c2cc(C(C)(C)C)c(-c3c(-c4c(C(C)(C)C)cc(C(=O)Oc5ccc(C(C)(C)C)cc5C(C)(C)C)cc4C(C)(C)C)c(-c4c(C(C)(C)C)cc(C(=O)Oc5ccc(C(C)(C)C)cc5C(C)(C)C)cc4C(C)(C)C)c4c(c3-c3c(C(C)(C)C)cc(C(=O)Oc5ccc(C(C)(C)C)cc5C(C)(C)C)cc3C(C)(C)C)=c3ccccc3=4)c(C(C)(C)C)c2)c(C(C)(C)C)c1. The number of hydrogen-bond acceptors (Lipinski definition) is 8. The lowest BCUT2D eigenvalue weighted by atomic mass is 9.63. The Morgan fingerprint density at radius 2 is 0.309 bits per heavy atom. The van der Waals surface area contributed by atoms with Crippen LogP contribution in [0.1, 0.15) is 463 Å². The molecule has 1 aliphatic rings. The van der Waals surface area contributed by atoms with Crippen molar-refractivity contribution in [2.24, 2.45) is 0 Å². The molecule has 10 aromatic carbocycles. The summed E-state index contributed by atoms with van der Waals surface area (Å²) in [5.41, 5.74) is 16.3. The Labute approximate surface area is 820 Å². The van der Waals surface area contributed by atoms with E-state index in [1.54, 1.807) is 0 Å². The second kappa shape index (κ2) is 35.1. The number of rotatable bonds is 12. The van der Waals surface area contributed by atoms with E-state index in [4.69, 9.17) is 18.9 Å². The molecule has 0 fully saturated rings. The second-order valence-corrected chi connectivity index (χ2v) is 56.0. The van der Waals surface area contributed by atoms with E-state index in [9.17, 15) is 0 Å². The number of carbonyl (C=O) groups excluding carboxylic acids is 4. The van der Waals surface area contributed by atoms with Crippen LogP contribution in [-0.4, -0.2) is 23.9 Å². The molecule has 10 aromatic rings. The van der Waals surface area contributed by atoms with Gasteiger partial charge in [0.1, 0.15) is 23.0 Å². The molecule has 0 heterocycles. The monoisotopic (exact) mass is 1830 g/mol. The number of carbonyl (C=O) groups is 4. The third kappa shape index (κ3) is 21.9. The third-order valence-electron chi connectivity index (χ3n) is 27.4. The molecular weight excluding hydrogens is 1670 g/mol. The van der Waals surface area contributed by atoms with Crippen LogP contribution in [0.25, 0.3) is 44.5 Å². The Balaban J connectivity index is 1.51. The molecule has 0 bridgehead atoms. The number of esters is 4. The number of benzene rings is 10. The Morgan fingerprint density at radius 3 is 0.449 bits per heavy atom. The molecular formula is C128H168O8. The predicted molar refractivity (Wildman–Crippen MR) is 575 cm³/mol. The lowest BCUT2D eigenvalue weighted by molar-refractivity contribution is 0.0721. The average molecular weight is 1830 g/mol. The van der Waals surface area contributed by atoms with Gasteiger partial charge in [-0.25, -0.2) is 19.2 Å². The zero-order valence-corrected chi connectivity index (χ0v) is 93.1. The number of hydrogen-bond donors (Lipinski definition) is 0. The molecule has 1 aliphatic carbocycles. The summed E-state index contributed by atoms with van der Waals surface area (Å²) < 4.78 is 28.0. The van der Waals surface area contributed by atoms with E-state index in [1.807, 2.05) is 24.3 Å². The van der Waals surface area contributed by atoms with Gasteiger partial charge in [0.25, 0.3) is 0 Å². The van der Waals surface area contributed by atoms with Crippen molar-refractivity contribution in [3.8, 4) is 67.5 Å². The van der Waals surface area contributed by atoms with Crippen molar-refractivity contribution in [3.05, 3.63) is 278 Å². The molecule has 0 atom stereocenters. The van der Waals surface area contributed by atoms with E-state index in [2.05, 4.69) is 454 Å². The van der Waals surface area contributed by atoms with Crippen LogP contribution in [0.3, 0.4) is 0 Å². The highest BCUT2D eigenvalue weighted by atomic mass is 16.5. The van der Waals surface area contributed by atoms with E-state index >= 15 is 19.2 Å². The molecule has 8 heteroatoms. The van der Waals surface area contributed by atoms with Gasteiger partial charge in [-0.15, -0.1) is 0 Å². The molecule has 11 rings (SSSR count). The maximum Gasteiger partial charge on any atom is 0.343 e. The highest BCUT2D eigenvalue weighted by Gasteiger charge is 2.45. The van der Waals surface area contributed by atoms with Crippen molar-refractivity contribution in [1.82, 2.24) is 0 Å². The summed E-state index contributed by atoms with van der Waals surface area (Å²) in [7, 11) is 0. The first kappa shape index (κ1) is 107. The van der Waals surface area contributed by atoms with Crippen LogP contribution in [0, 0.1) is 20.9 Å². The van der Waals surface area contributed by atoms with Crippen LogP contribution in [0.15, 0.2) is 146 Å². The molecule has 0 aromatic heterocycles. The van der Waals surface area contributed by atoms with Gasteiger partial charge in [-0.3, -0.25) is 0 Å². The van der Waals surface area contributed by atoms with Crippen LogP contribution in [-0.2, 0) is 86.6 Å². The molecule has 0 aliphatic heterocycles. The summed E-state index contributed by atoms with van der Waals surface area (Å²) in [5, 5.41) is 4.11. The molecule has 0 radical (unpaired) electrons. The largest absolute Gasteiger partial charge is 0.423 e. The standard InChI is InChI=1S/C128H168O8/c1-113(2,3)77-53-57-95(83(69-77)117(13,14)15)133-109(129)73-61-87(121(25,26)27)101(88(62-73)122(28,29)30)105-99-81-51-49-50-52-82(81)100(99)106(102-89(123(31,32)33)63-74(64-90(102)124(34,35)36)110(130)134-96-58-54-78(114(4,5)6)70-84(96)118(16,17)18)108(104-93(127(43,44)45)67-76(68-94(104)128(46,47)48)112(132)136-98-60-56-80(116(10,11)12)72-86(98)120(22,23)24)107(105)103-91(125(37,38)39)65-75(66-92(103)126(40,41)42)111(131)135-97-59-55-79(115(7,8)9)71-85(97)119(19,20)21/h49-72H,1-48H3. The lowest BCUT2D eigenvalue weighted by Crippen LogP contribution is -2.26. The Hall–Kier alpha value is -9.92. The van der Waals surface area contributed by atoms with Crippen molar-refractivity contribution in [3.63, 3.8) is 0 Å². The molecule has 0 unspecified atom stereocenters. The summed E-state index contributed by atoms with van der Waals surface area (Å²) in [6.45, 7) is 107. The molecule has 0 spiro atoms. The Morgan fingerprint density at radius 1 is 0.162 bits per heavy atom. The van der Waals surface area contributed by atoms with E-state index in [1.165, 1.54) is 0 Å². The molecule has 136 heavy (non-hydrogen) atoms. The predicted octanol–water partition coefficient (Wildman–Crippen LogP) is 34.9. The van der Waals surface area contributed by atoms with Gasteiger partial charge < -0.3 is 18.9 Å². The van der Waals surface area contributed by atoms with E-state index < -0.39 is 88.9 Å². The summed E-state index contributed by atoms with van der Waals surface area (Å²) in [5.74, 6) is 0.121. The van der Waals surface area contributed by atoms with E-state index in [-0.39, 0.29) is 21.7 Å². The average Bonchev–Trinajstić information content (AvgIpc) is 0.666. The van der Waals surface area contributed by atoms with Crippen molar-refractivity contribution in [2.45, 2.75) is 419 Å². The first-order valence-corrected chi connectivity index (χ1v) is 49.8. The first-order valence-electron chi connectivity index (χ1n) is 49.8. The maximum absolute atomic E-state index is 16.5. The van der Waals surface area contributed by atoms with Gasteiger partial charge in [-0.1, -0.05) is 405 Å². The highest BCUT2D eigenvalue weighted by Crippen LogP contribution is 2.61. The van der Waals surface area contributed by atoms with Crippen molar-refractivity contribution in [1.29, 1.82) is 0 Å². The lowest BCUT2D eigenvalue weighted by Gasteiger charge is -2.40. The molecule has 0 saturated carbocycles. The zero-order chi connectivity index (χ0) is 103. The summed E-state index contributed by atoms with van der Waals surface area (Å²) in [4.78, 5) is 65.8. The normalized spacial score (nSPS) is 13.7. The quantitative estimate of drug-likeness (QED) is 0.0880. The molecule has 0 N–H and O–H groups in total. The number of ether oxygens (including phenoxy) is 4. The second-order valence-electron chi connectivity index (χ2n) is 56.0. The summed E-state index contributed by atoms with van der Waals surface area (Å²) in [6, 6.07) is 51.2. The molecule has 0 saturated heterocycles. The number of fused-ring (bicyclic) bond motifs is 2. The summed E-state index contributed by atoms with van der Waals surface area (Å²) >= 11 is 0. The third-order valence-corrected chi connectivity index (χ3v) is 27.4. The smallest absolute Gasteiger partial charge is 0.343 e. The van der Waals surface area contributed by atoms with Gasteiger partial charge in [0.15, 0.2) is 0 Å². The van der Waals surface area contributed by atoms with Crippen LogP contribution in [0.5, 0.6) is 23.0 Å². The van der Waals surface area contributed by atoms with Gasteiger partial charge in [0.05, 0.1) is 22.3 Å². The minimum absolute atomic E-state index is 0.177. The van der Waals surface area contributed by atoms with Crippen LogP contribution >= 0.6 is 0 Å². The summed E-state index contributed by atoms with van der Waals surface area (Å²) in [6.07, 6.45) is 0. The fourth-order valence-electron chi connectivity index (χ4n) is 19.3. The van der Waals surface area contributed by atoms with Crippen LogP contribution in [0.2, 0.25) is 0 Å². The fraction of sp³-hybridized carbons (Fsp3) is 0.500. The molecule has 728 valence electrons. The van der Waals surface area contributed by atoms with E-state index in [0.29, 0.717) is 45.3 Å². The van der Waals surface area contributed by atoms with Crippen molar-refractivity contribution < 1.29 is 38.1 Å². The molecule has 0 amide bonds. The molecule has 8 nitrogen and oxygen atoms in total. The van der Waals surface area contributed by atoms with Crippen molar-refractivity contribution in [2.75, 3.05) is 0 Å². The highest BCUT2D eigenvalue weighted by molar-refractivity contribution is 6.10. The maximum atomic E-state index is 16.5. The minimum atomic E-state index is -0.782. The van der Waals surface area contributed by atoms with Gasteiger partial charge in [0, 0.05) is 22.3 Å². The van der Waals surface area contributed by atoms with Crippen LogP contribution in [0.4, 0.5) is 0 Å². The van der Waals surface area contributed by atoms with Crippen molar-refractivity contribution >= 4 is 23.9 Å². The van der Waals surface area contributed by atoms with Gasteiger partial charge >= 0.3 is 23.9 Å². The fourth-order valence-corrected chi connectivity index (χ4v) is 19.3. The van der Waals surface area contributed by atoms with Gasteiger partial charge in [0.2, 0.25) is 0 Å². The van der Waals surface area contributed by atoms with E-state index in [0.717, 1.165) is 154 Å². The Bertz CT molecular complexity index is 6100. The minimum Gasteiger partial charge on any atom is -0.423 e.